The van der Waals surface area contributed by atoms with E-state index in [0.29, 0.717) is 17.9 Å². The average molecular weight is 490 g/mol. The number of anilines is 1. The molecule has 1 aliphatic heterocycles. The Morgan fingerprint density at radius 1 is 1.08 bits per heavy atom. The first-order valence-corrected chi connectivity index (χ1v) is 11.3. The highest BCUT2D eigenvalue weighted by molar-refractivity contribution is 6.14. The number of carbonyl (C=O) groups is 3. The van der Waals surface area contributed by atoms with Gasteiger partial charge in [-0.05, 0) is 42.8 Å². The van der Waals surface area contributed by atoms with Gasteiger partial charge in [0, 0.05) is 31.4 Å². The van der Waals surface area contributed by atoms with Gasteiger partial charge in [-0.2, -0.15) is 0 Å². The van der Waals surface area contributed by atoms with E-state index in [0.717, 1.165) is 21.7 Å². The maximum atomic E-state index is 13.0. The zero-order chi connectivity index (χ0) is 25.8. The third kappa shape index (κ3) is 5.41. The summed E-state index contributed by atoms with van der Waals surface area (Å²) in [6, 6.07) is 16.0. The van der Waals surface area contributed by atoms with Crippen molar-refractivity contribution >= 4 is 29.7 Å². The highest BCUT2D eigenvalue weighted by Gasteiger charge is 2.34. The van der Waals surface area contributed by atoms with Gasteiger partial charge in [-0.1, -0.05) is 29.8 Å². The topological polar surface area (TPSA) is 101 Å². The standard InChI is InChI=1S/C27H27N3O6/c1-17-5-7-18(8-6-17)16-35-24-14-20(29(2)3)10-9-19(24)13-22-25(31)30(27(33)28-22)15-21-11-12-23(36-21)26(32)34-4/h5-14H,15-16H2,1-4H3,(H,28,33)/b22-13-. The lowest BCUT2D eigenvalue weighted by atomic mass is 10.1. The van der Waals surface area contributed by atoms with Crippen LogP contribution in [0.4, 0.5) is 10.5 Å². The van der Waals surface area contributed by atoms with Crippen LogP contribution in [0, 0.1) is 6.92 Å². The smallest absolute Gasteiger partial charge is 0.373 e. The number of methoxy groups -OCH3 is 1. The lowest BCUT2D eigenvalue weighted by Gasteiger charge is -2.16. The van der Waals surface area contributed by atoms with Crippen molar-refractivity contribution in [1.29, 1.82) is 0 Å². The molecule has 0 radical (unpaired) electrons. The normalized spacial score (nSPS) is 14.2. The first kappa shape index (κ1) is 24.6. The van der Waals surface area contributed by atoms with Crippen LogP contribution in [-0.4, -0.2) is 44.0 Å². The minimum absolute atomic E-state index is 0.00771. The van der Waals surface area contributed by atoms with Crippen LogP contribution < -0.4 is 15.0 Å². The van der Waals surface area contributed by atoms with Crippen molar-refractivity contribution in [2.75, 3.05) is 26.1 Å². The molecule has 0 bridgehead atoms. The van der Waals surface area contributed by atoms with Crippen LogP contribution in [-0.2, 0) is 22.7 Å². The van der Waals surface area contributed by atoms with E-state index in [2.05, 4.69) is 10.1 Å². The quantitative estimate of drug-likeness (QED) is 0.289. The first-order chi connectivity index (χ1) is 17.2. The first-order valence-electron chi connectivity index (χ1n) is 11.3. The second kappa shape index (κ2) is 10.4. The number of furan rings is 1. The molecular weight excluding hydrogens is 462 g/mol. The van der Waals surface area contributed by atoms with Crippen molar-refractivity contribution < 1.29 is 28.3 Å². The van der Waals surface area contributed by atoms with Crippen LogP contribution in [0.25, 0.3) is 6.08 Å². The number of hydrogen-bond acceptors (Lipinski definition) is 7. The Morgan fingerprint density at radius 3 is 2.53 bits per heavy atom. The van der Waals surface area contributed by atoms with Crippen molar-refractivity contribution in [2.45, 2.75) is 20.1 Å². The summed E-state index contributed by atoms with van der Waals surface area (Å²) in [6.07, 6.45) is 1.59. The SMILES string of the molecule is COC(=O)c1ccc(CN2C(=O)N/C(=C\c3ccc(N(C)C)cc3OCc3ccc(C)cc3)C2=O)o1. The van der Waals surface area contributed by atoms with Gasteiger partial charge in [0.1, 0.15) is 23.8 Å². The van der Waals surface area contributed by atoms with E-state index in [-0.39, 0.29) is 23.8 Å². The largest absolute Gasteiger partial charge is 0.488 e. The Balaban J connectivity index is 1.56. The molecule has 0 saturated carbocycles. The van der Waals surface area contributed by atoms with Crippen LogP contribution in [0.3, 0.4) is 0 Å². The number of ether oxygens (including phenoxy) is 2. The van der Waals surface area contributed by atoms with Crippen LogP contribution in [0.1, 0.15) is 33.0 Å². The number of nitrogens with zero attached hydrogens (tertiary/aromatic N) is 2. The van der Waals surface area contributed by atoms with Gasteiger partial charge >= 0.3 is 12.0 Å². The number of benzene rings is 2. The predicted octanol–water partition coefficient (Wildman–Crippen LogP) is 4.11. The van der Waals surface area contributed by atoms with E-state index in [1.807, 2.05) is 68.4 Å². The van der Waals surface area contributed by atoms with Crippen LogP contribution >= 0.6 is 0 Å². The van der Waals surface area contributed by atoms with Crippen molar-refractivity contribution in [2.24, 2.45) is 0 Å². The summed E-state index contributed by atoms with van der Waals surface area (Å²) < 4.78 is 16.1. The lowest BCUT2D eigenvalue weighted by molar-refractivity contribution is -0.123. The molecule has 2 heterocycles. The lowest BCUT2D eigenvalue weighted by Crippen LogP contribution is -2.30. The van der Waals surface area contributed by atoms with Gasteiger partial charge < -0.3 is 24.1 Å². The molecule has 1 aliphatic rings. The van der Waals surface area contributed by atoms with Crippen LogP contribution in [0.15, 0.2) is 64.7 Å². The number of aryl methyl sites for hydroxylation is 1. The average Bonchev–Trinajstić information content (AvgIpc) is 3.44. The molecule has 0 unspecified atom stereocenters. The van der Waals surface area contributed by atoms with Gasteiger partial charge in [0.2, 0.25) is 5.76 Å². The molecule has 3 aromatic rings. The van der Waals surface area contributed by atoms with Crippen LogP contribution in [0.2, 0.25) is 0 Å². The number of imide groups is 1. The molecule has 36 heavy (non-hydrogen) atoms. The molecule has 1 fully saturated rings. The molecule has 186 valence electrons. The molecule has 0 atom stereocenters. The minimum atomic E-state index is -0.640. The van der Waals surface area contributed by atoms with Crippen molar-refractivity contribution in [1.82, 2.24) is 10.2 Å². The molecule has 0 aliphatic carbocycles. The fraction of sp³-hybridized carbons (Fsp3) is 0.222. The van der Waals surface area contributed by atoms with Gasteiger partial charge in [-0.3, -0.25) is 9.69 Å². The minimum Gasteiger partial charge on any atom is -0.488 e. The summed E-state index contributed by atoms with van der Waals surface area (Å²) in [5.74, 6) is -0.316. The van der Waals surface area contributed by atoms with Crippen molar-refractivity contribution in [3.05, 3.63) is 88.5 Å². The Morgan fingerprint density at radius 2 is 1.83 bits per heavy atom. The Kier molecular flexibility index (Phi) is 7.10. The number of rotatable bonds is 8. The number of esters is 1. The summed E-state index contributed by atoms with van der Waals surface area (Å²) in [5.41, 5.74) is 3.85. The van der Waals surface area contributed by atoms with E-state index >= 15 is 0 Å². The molecule has 9 nitrogen and oxygen atoms in total. The van der Waals surface area contributed by atoms with E-state index in [1.54, 1.807) is 6.08 Å². The van der Waals surface area contributed by atoms with Crippen molar-refractivity contribution in [3.63, 3.8) is 0 Å². The Bertz CT molecular complexity index is 1320. The summed E-state index contributed by atoms with van der Waals surface area (Å²) in [5, 5.41) is 2.61. The van der Waals surface area contributed by atoms with Gasteiger partial charge in [0.25, 0.3) is 5.91 Å². The Hall–Kier alpha value is -4.53. The van der Waals surface area contributed by atoms with Crippen molar-refractivity contribution in [3.8, 4) is 5.75 Å². The Labute approximate surface area is 208 Å². The number of amides is 3. The fourth-order valence-electron chi connectivity index (χ4n) is 3.59. The van der Waals surface area contributed by atoms with E-state index in [1.165, 1.54) is 19.2 Å². The fourth-order valence-corrected chi connectivity index (χ4v) is 3.59. The highest BCUT2D eigenvalue weighted by Crippen LogP contribution is 2.29. The number of urea groups is 1. The zero-order valence-electron chi connectivity index (χ0n) is 20.5. The predicted molar refractivity (Wildman–Crippen MR) is 133 cm³/mol. The maximum Gasteiger partial charge on any atom is 0.373 e. The molecule has 1 saturated heterocycles. The molecule has 2 aromatic carbocycles. The third-order valence-electron chi connectivity index (χ3n) is 5.65. The third-order valence-corrected chi connectivity index (χ3v) is 5.65. The van der Waals surface area contributed by atoms with Gasteiger partial charge in [0.05, 0.1) is 13.7 Å². The van der Waals surface area contributed by atoms with Gasteiger partial charge in [-0.15, -0.1) is 0 Å². The molecule has 1 aromatic heterocycles. The molecule has 4 rings (SSSR count). The summed E-state index contributed by atoms with van der Waals surface area (Å²) in [6.45, 7) is 2.24. The monoisotopic (exact) mass is 489 g/mol. The second-order valence-electron chi connectivity index (χ2n) is 8.53. The molecule has 9 heteroatoms. The highest BCUT2D eigenvalue weighted by atomic mass is 16.5. The summed E-state index contributed by atoms with van der Waals surface area (Å²) in [4.78, 5) is 40.1. The van der Waals surface area contributed by atoms with E-state index in [9.17, 15) is 14.4 Å². The zero-order valence-corrected chi connectivity index (χ0v) is 20.5. The number of carbonyl (C=O) groups excluding carboxylic acids is 3. The van der Waals surface area contributed by atoms with Gasteiger partial charge in [0.15, 0.2) is 0 Å². The van der Waals surface area contributed by atoms with E-state index in [4.69, 9.17) is 9.15 Å². The molecule has 1 N–H and O–H groups in total. The summed E-state index contributed by atoms with van der Waals surface area (Å²) in [7, 11) is 5.09. The molecule has 0 spiro atoms. The van der Waals surface area contributed by atoms with E-state index < -0.39 is 17.9 Å². The number of nitrogens with one attached hydrogen (secondary N) is 1. The summed E-state index contributed by atoms with van der Waals surface area (Å²) >= 11 is 0. The maximum absolute atomic E-state index is 13.0. The van der Waals surface area contributed by atoms with Crippen LogP contribution in [0.5, 0.6) is 5.75 Å². The second-order valence-corrected chi connectivity index (χ2v) is 8.53. The molecule has 3 amide bonds. The van der Waals surface area contributed by atoms with Gasteiger partial charge in [-0.25, -0.2) is 9.59 Å². The molecular formula is C27H27N3O6. The number of hydrogen-bond donors (Lipinski definition) is 1.